The molecule has 0 aromatic heterocycles. The first-order valence-electron chi connectivity index (χ1n) is 7.73. The van der Waals surface area contributed by atoms with Crippen molar-refractivity contribution < 1.29 is 16.8 Å². The topological polar surface area (TPSA) is 83.6 Å². The Balaban J connectivity index is 2.01. The Morgan fingerprint density at radius 2 is 1.83 bits per heavy atom. The van der Waals surface area contributed by atoms with Crippen LogP contribution >= 0.6 is 0 Å². The van der Waals surface area contributed by atoms with Crippen LogP contribution in [0, 0.1) is 6.92 Å². The lowest BCUT2D eigenvalue weighted by molar-refractivity contribution is 0.328. The van der Waals surface area contributed by atoms with Crippen LogP contribution < -0.4 is 4.72 Å². The van der Waals surface area contributed by atoms with E-state index in [1.807, 2.05) is 13.0 Å². The molecule has 0 amide bonds. The summed E-state index contributed by atoms with van der Waals surface area (Å²) in [6, 6.07) is 6.62. The number of rotatable bonds is 7. The fourth-order valence-corrected chi connectivity index (χ4v) is 5.27. The molecule has 1 aliphatic rings. The lowest BCUT2D eigenvalue weighted by atomic mass is 10.2. The highest BCUT2D eigenvalue weighted by Crippen LogP contribution is 2.25. The molecule has 0 aliphatic heterocycles. The molecule has 0 unspecified atom stereocenters. The van der Waals surface area contributed by atoms with Crippen molar-refractivity contribution in [3.05, 3.63) is 29.8 Å². The lowest BCUT2D eigenvalue weighted by Crippen LogP contribution is -2.43. The molecular weight excluding hydrogens is 336 g/mol. The summed E-state index contributed by atoms with van der Waals surface area (Å²) in [5.41, 5.74) is 0.858. The molecule has 0 atom stereocenters. The summed E-state index contributed by atoms with van der Waals surface area (Å²) in [5.74, 6) is 0. The summed E-state index contributed by atoms with van der Waals surface area (Å²) < 4.78 is 52.3. The van der Waals surface area contributed by atoms with Gasteiger partial charge in [0.2, 0.25) is 20.0 Å². The van der Waals surface area contributed by atoms with Crippen LogP contribution in [0.1, 0.15) is 31.2 Å². The van der Waals surface area contributed by atoms with E-state index in [1.165, 1.54) is 16.6 Å². The highest BCUT2D eigenvalue weighted by Gasteiger charge is 2.29. The van der Waals surface area contributed by atoms with Gasteiger partial charge < -0.3 is 0 Å². The largest absolute Gasteiger partial charge is 0.240 e. The molecule has 23 heavy (non-hydrogen) atoms. The number of nitrogens with zero attached hydrogens (tertiary/aromatic N) is 1. The van der Waals surface area contributed by atoms with Crippen LogP contribution in [-0.4, -0.2) is 46.5 Å². The van der Waals surface area contributed by atoms with Gasteiger partial charge in [-0.25, -0.2) is 21.6 Å². The van der Waals surface area contributed by atoms with E-state index < -0.39 is 20.0 Å². The molecule has 8 heteroatoms. The van der Waals surface area contributed by atoms with Crippen LogP contribution in [0.15, 0.2) is 29.2 Å². The average Bonchev–Trinajstić information content (AvgIpc) is 2.96. The van der Waals surface area contributed by atoms with Gasteiger partial charge in [0.25, 0.3) is 0 Å². The van der Waals surface area contributed by atoms with Crippen LogP contribution in [0.25, 0.3) is 0 Å². The number of sulfonamides is 2. The molecule has 1 aliphatic carbocycles. The fourth-order valence-electron chi connectivity index (χ4n) is 2.97. The van der Waals surface area contributed by atoms with Crippen molar-refractivity contribution in [3.8, 4) is 0 Å². The van der Waals surface area contributed by atoms with Gasteiger partial charge in [-0.2, -0.15) is 4.31 Å². The Hall–Kier alpha value is -0.960. The van der Waals surface area contributed by atoms with Gasteiger partial charge in [-0.05, 0) is 37.5 Å². The third kappa shape index (κ3) is 5.00. The maximum Gasteiger partial charge on any atom is 0.240 e. The highest BCUT2D eigenvalue weighted by atomic mass is 32.2. The first-order valence-corrected chi connectivity index (χ1v) is 11.1. The quantitative estimate of drug-likeness (QED) is 0.798. The number of hydrogen-bond acceptors (Lipinski definition) is 4. The monoisotopic (exact) mass is 360 g/mol. The first-order chi connectivity index (χ1) is 10.7. The fraction of sp³-hybridized carbons (Fsp3) is 0.600. The first kappa shape index (κ1) is 18.4. The van der Waals surface area contributed by atoms with Gasteiger partial charge in [0.1, 0.15) is 0 Å². The molecule has 6 nitrogen and oxygen atoms in total. The molecule has 0 bridgehead atoms. The highest BCUT2D eigenvalue weighted by molar-refractivity contribution is 7.89. The summed E-state index contributed by atoms with van der Waals surface area (Å²) in [4.78, 5) is 0.198. The van der Waals surface area contributed by atoms with E-state index in [0.717, 1.165) is 31.2 Å². The predicted octanol–water partition coefficient (Wildman–Crippen LogP) is 1.48. The van der Waals surface area contributed by atoms with E-state index >= 15 is 0 Å². The Kier molecular flexibility index (Phi) is 5.83. The van der Waals surface area contributed by atoms with Gasteiger partial charge in [-0.15, -0.1) is 0 Å². The Bertz CT molecular complexity index is 738. The maximum atomic E-state index is 12.3. The van der Waals surface area contributed by atoms with E-state index in [9.17, 15) is 16.8 Å². The Morgan fingerprint density at radius 3 is 2.39 bits per heavy atom. The molecule has 2 rings (SSSR count). The minimum atomic E-state index is -3.62. The maximum absolute atomic E-state index is 12.3. The summed E-state index contributed by atoms with van der Waals surface area (Å²) in [6.45, 7) is 2.05. The van der Waals surface area contributed by atoms with Crippen LogP contribution in [0.4, 0.5) is 0 Å². The van der Waals surface area contributed by atoms with Crippen molar-refractivity contribution >= 4 is 20.0 Å². The second-order valence-electron chi connectivity index (χ2n) is 6.03. The van der Waals surface area contributed by atoms with Gasteiger partial charge in [0, 0.05) is 19.1 Å². The van der Waals surface area contributed by atoms with Gasteiger partial charge in [0.15, 0.2) is 0 Å². The minimum Gasteiger partial charge on any atom is -0.212 e. The molecule has 0 spiro atoms. The molecule has 1 aromatic rings. The summed E-state index contributed by atoms with van der Waals surface area (Å²) in [5, 5.41) is 0. The SMILES string of the molecule is Cc1cccc(S(=O)(=O)NCCN(C2CCCC2)S(C)(=O)=O)c1. The summed E-state index contributed by atoms with van der Waals surface area (Å²) in [7, 11) is -6.96. The van der Waals surface area contributed by atoms with Crippen molar-refractivity contribution in [2.45, 2.75) is 43.5 Å². The Morgan fingerprint density at radius 1 is 1.17 bits per heavy atom. The summed E-state index contributed by atoms with van der Waals surface area (Å²) in [6.07, 6.45) is 4.91. The number of hydrogen-bond donors (Lipinski definition) is 1. The van der Waals surface area contributed by atoms with Crippen molar-refractivity contribution in [3.63, 3.8) is 0 Å². The molecule has 1 aromatic carbocycles. The smallest absolute Gasteiger partial charge is 0.212 e. The van der Waals surface area contributed by atoms with Gasteiger partial charge >= 0.3 is 0 Å². The molecule has 0 saturated heterocycles. The third-order valence-electron chi connectivity index (χ3n) is 4.08. The standard InChI is InChI=1S/C15H24N2O4S2/c1-13-6-5-9-15(12-13)23(20,21)16-10-11-17(22(2,18)19)14-7-3-4-8-14/h5-6,9,12,14,16H,3-4,7-8,10-11H2,1-2H3. The second-order valence-corrected chi connectivity index (χ2v) is 9.73. The van der Waals surface area contributed by atoms with Crippen molar-refractivity contribution in [2.24, 2.45) is 0 Å². The van der Waals surface area contributed by atoms with Crippen LogP contribution in [0.5, 0.6) is 0 Å². The second kappa shape index (κ2) is 7.29. The minimum absolute atomic E-state index is 0.00604. The Labute approximate surface area is 139 Å². The third-order valence-corrected chi connectivity index (χ3v) is 6.87. The van der Waals surface area contributed by atoms with E-state index in [1.54, 1.807) is 12.1 Å². The molecule has 1 saturated carbocycles. The molecule has 1 N–H and O–H groups in total. The zero-order valence-electron chi connectivity index (χ0n) is 13.5. The van der Waals surface area contributed by atoms with Crippen molar-refractivity contribution in [2.75, 3.05) is 19.3 Å². The zero-order chi connectivity index (χ0) is 17.1. The van der Waals surface area contributed by atoms with Crippen LogP contribution in [-0.2, 0) is 20.0 Å². The van der Waals surface area contributed by atoms with Crippen LogP contribution in [0.2, 0.25) is 0 Å². The van der Waals surface area contributed by atoms with Crippen molar-refractivity contribution in [1.82, 2.24) is 9.03 Å². The molecule has 0 radical (unpaired) electrons. The predicted molar refractivity (Wildman–Crippen MR) is 90.2 cm³/mol. The zero-order valence-corrected chi connectivity index (χ0v) is 15.2. The number of aryl methyl sites for hydroxylation is 1. The van der Waals surface area contributed by atoms with E-state index in [4.69, 9.17) is 0 Å². The number of benzene rings is 1. The van der Waals surface area contributed by atoms with Gasteiger partial charge in [-0.1, -0.05) is 25.0 Å². The molecule has 0 heterocycles. The van der Waals surface area contributed by atoms with Crippen LogP contribution in [0.3, 0.4) is 0 Å². The van der Waals surface area contributed by atoms with Gasteiger partial charge in [0.05, 0.1) is 11.2 Å². The van der Waals surface area contributed by atoms with Crippen molar-refractivity contribution in [1.29, 1.82) is 0 Å². The normalized spacial score (nSPS) is 17.0. The van der Waals surface area contributed by atoms with E-state index in [0.29, 0.717) is 0 Å². The van der Waals surface area contributed by atoms with E-state index in [-0.39, 0.29) is 24.0 Å². The molecule has 1 fully saturated rings. The van der Waals surface area contributed by atoms with Gasteiger partial charge in [-0.3, -0.25) is 0 Å². The number of nitrogens with one attached hydrogen (secondary N) is 1. The molecular formula is C15H24N2O4S2. The summed E-state index contributed by atoms with van der Waals surface area (Å²) >= 11 is 0. The lowest BCUT2D eigenvalue weighted by Gasteiger charge is -2.26. The van der Waals surface area contributed by atoms with E-state index in [2.05, 4.69) is 4.72 Å². The molecule has 130 valence electrons. The average molecular weight is 361 g/mol.